The van der Waals surface area contributed by atoms with Gasteiger partial charge in [0.15, 0.2) is 0 Å². The third-order valence-electron chi connectivity index (χ3n) is 3.68. The lowest BCUT2D eigenvalue weighted by Crippen LogP contribution is -2.40. The molecule has 1 aromatic rings. The molecule has 0 unspecified atom stereocenters. The summed E-state index contributed by atoms with van der Waals surface area (Å²) >= 11 is 0. The zero-order valence-corrected chi connectivity index (χ0v) is 14.4. The van der Waals surface area contributed by atoms with Gasteiger partial charge in [-0.2, -0.15) is 0 Å². The van der Waals surface area contributed by atoms with Crippen molar-refractivity contribution in [3.8, 4) is 0 Å². The summed E-state index contributed by atoms with van der Waals surface area (Å²) in [4.78, 5) is 23.0. The summed E-state index contributed by atoms with van der Waals surface area (Å²) in [5.41, 5.74) is 1.63. The Morgan fingerprint density at radius 1 is 1.27 bits per heavy atom. The average molecular weight is 306 g/mol. The Bertz CT molecular complexity index is 566. The molecule has 0 aliphatic carbocycles. The lowest BCUT2D eigenvalue weighted by atomic mass is 10.2. The number of nitrogens with one attached hydrogen (secondary N) is 1. The minimum absolute atomic E-state index is 0.0878. The monoisotopic (exact) mass is 306 g/mol. The molecule has 2 rings (SSSR count). The van der Waals surface area contributed by atoms with Gasteiger partial charge >= 0.3 is 6.09 Å². The van der Waals surface area contributed by atoms with E-state index in [2.05, 4.69) is 20.2 Å². The van der Waals surface area contributed by atoms with E-state index in [-0.39, 0.29) is 12.1 Å². The average Bonchev–Trinajstić information content (AvgIpc) is 2.79. The number of carbonyl (C=O) groups excluding carboxylic acids is 1. The summed E-state index contributed by atoms with van der Waals surface area (Å²) in [7, 11) is 0. The molecule has 1 aromatic heterocycles. The van der Waals surface area contributed by atoms with Crippen LogP contribution in [0.2, 0.25) is 0 Å². The van der Waals surface area contributed by atoms with Gasteiger partial charge in [0.05, 0.1) is 6.04 Å². The number of alkyl carbamates (subject to hydrolysis) is 1. The molecule has 0 aromatic carbocycles. The maximum atomic E-state index is 11.9. The van der Waals surface area contributed by atoms with Gasteiger partial charge in [-0.25, -0.2) is 14.8 Å². The van der Waals surface area contributed by atoms with Crippen LogP contribution in [-0.4, -0.2) is 40.8 Å². The number of carbonyl (C=O) groups is 1. The number of aromatic nitrogens is 2. The molecule has 1 saturated heterocycles. The Balaban J connectivity index is 2.00. The van der Waals surface area contributed by atoms with E-state index in [0.29, 0.717) is 0 Å². The second-order valence-electron chi connectivity index (χ2n) is 6.88. The highest BCUT2D eigenvalue weighted by Crippen LogP contribution is 2.24. The van der Waals surface area contributed by atoms with Crippen molar-refractivity contribution in [1.29, 1.82) is 0 Å². The van der Waals surface area contributed by atoms with E-state index < -0.39 is 5.60 Å². The van der Waals surface area contributed by atoms with Crippen LogP contribution >= 0.6 is 0 Å². The van der Waals surface area contributed by atoms with E-state index in [9.17, 15) is 4.79 Å². The molecule has 0 bridgehead atoms. The van der Waals surface area contributed by atoms with Crippen molar-refractivity contribution in [3.05, 3.63) is 17.1 Å². The topological polar surface area (TPSA) is 67.4 Å². The summed E-state index contributed by atoms with van der Waals surface area (Å²) in [5, 5.41) is 2.94. The van der Waals surface area contributed by atoms with Crippen LogP contribution in [0.4, 0.5) is 10.6 Å². The molecular formula is C16H26N4O2. The normalized spacial score (nSPS) is 18.5. The van der Waals surface area contributed by atoms with Gasteiger partial charge in [0, 0.05) is 24.3 Å². The molecule has 122 valence electrons. The summed E-state index contributed by atoms with van der Waals surface area (Å²) < 4.78 is 5.31. The fourth-order valence-corrected chi connectivity index (χ4v) is 2.60. The van der Waals surface area contributed by atoms with Gasteiger partial charge in [-0.05, 0) is 48.0 Å². The molecule has 0 radical (unpaired) electrons. The molecular weight excluding hydrogens is 280 g/mol. The van der Waals surface area contributed by atoms with Crippen LogP contribution in [0.15, 0.2) is 0 Å². The van der Waals surface area contributed by atoms with Crippen molar-refractivity contribution in [2.45, 2.75) is 59.6 Å². The smallest absolute Gasteiger partial charge is 0.407 e. The second kappa shape index (κ2) is 6.10. The number of amides is 1. The summed E-state index contributed by atoms with van der Waals surface area (Å²) in [6, 6.07) is 0.0878. The molecule has 0 spiro atoms. The van der Waals surface area contributed by atoms with Gasteiger partial charge in [-0.3, -0.25) is 0 Å². The molecule has 6 heteroatoms. The predicted molar refractivity (Wildman–Crippen MR) is 86.2 cm³/mol. The SMILES string of the molecule is Cc1nc(C)c(C)c(N2CC[C@@H](NC(=O)OC(C)(C)C)C2)n1. The second-order valence-corrected chi connectivity index (χ2v) is 6.88. The number of anilines is 1. The van der Waals surface area contributed by atoms with Crippen LogP contribution in [0.5, 0.6) is 0 Å². The molecule has 6 nitrogen and oxygen atoms in total. The third kappa shape index (κ3) is 4.08. The highest BCUT2D eigenvalue weighted by Gasteiger charge is 2.28. The fraction of sp³-hybridized carbons (Fsp3) is 0.688. The zero-order chi connectivity index (χ0) is 16.5. The van der Waals surface area contributed by atoms with E-state index in [4.69, 9.17) is 4.74 Å². The van der Waals surface area contributed by atoms with E-state index >= 15 is 0 Å². The Morgan fingerprint density at radius 3 is 2.59 bits per heavy atom. The van der Waals surface area contributed by atoms with Gasteiger partial charge in [-0.1, -0.05) is 0 Å². The Morgan fingerprint density at radius 2 is 1.95 bits per heavy atom. The first-order valence-electron chi connectivity index (χ1n) is 7.72. The van der Waals surface area contributed by atoms with Gasteiger partial charge in [-0.15, -0.1) is 0 Å². The molecule has 1 fully saturated rings. The largest absolute Gasteiger partial charge is 0.444 e. The summed E-state index contributed by atoms with van der Waals surface area (Å²) in [6.45, 7) is 13.2. The predicted octanol–water partition coefficient (Wildman–Crippen LogP) is 2.51. The van der Waals surface area contributed by atoms with Crippen molar-refractivity contribution in [1.82, 2.24) is 15.3 Å². The Kier molecular flexibility index (Phi) is 4.58. The first-order valence-corrected chi connectivity index (χ1v) is 7.72. The van der Waals surface area contributed by atoms with E-state index in [0.717, 1.165) is 42.4 Å². The van der Waals surface area contributed by atoms with Crippen LogP contribution in [0.25, 0.3) is 0 Å². The lowest BCUT2D eigenvalue weighted by Gasteiger charge is -2.23. The van der Waals surface area contributed by atoms with Crippen LogP contribution in [-0.2, 0) is 4.74 Å². The molecule has 0 saturated carbocycles. The molecule has 1 amide bonds. The summed E-state index contributed by atoms with van der Waals surface area (Å²) in [6.07, 6.45) is 0.534. The van der Waals surface area contributed by atoms with Crippen molar-refractivity contribution in [3.63, 3.8) is 0 Å². The van der Waals surface area contributed by atoms with E-state index in [1.54, 1.807) is 0 Å². The van der Waals surface area contributed by atoms with E-state index in [1.165, 1.54) is 0 Å². The van der Waals surface area contributed by atoms with Gasteiger partial charge in [0.2, 0.25) is 0 Å². The van der Waals surface area contributed by atoms with Crippen molar-refractivity contribution in [2.24, 2.45) is 0 Å². The fourth-order valence-electron chi connectivity index (χ4n) is 2.60. The quantitative estimate of drug-likeness (QED) is 0.909. The molecule has 1 N–H and O–H groups in total. The van der Waals surface area contributed by atoms with Crippen LogP contribution in [0.1, 0.15) is 44.3 Å². The number of aryl methyl sites for hydroxylation is 2. The van der Waals surface area contributed by atoms with Crippen molar-refractivity contribution < 1.29 is 9.53 Å². The minimum atomic E-state index is -0.472. The maximum absolute atomic E-state index is 11.9. The van der Waals surface area contributed by atoms with Crippen molar-refractivity contribution >= 4 is 11.9 Å². The lowest BCUT2D eigenvalue weighted by molar-refractivity contribution is 0.0509. The van der Waals surface area contributed by atoms with Gasteiger partial charge in [0.1, 0.15) is 17.2 Å². The Labute approximate surface area is 132 Å². The number of ether oxygens (including phenoxy) is 1. The molecule has 1 aliphatic rings. The molecule has 2 heterocycles. The standard InChI is InChI=1S/C16H26N4O2/c1-10-11(2)17-12(3)18-14(10)20-8-7-13(9-20)19-15(21)22-16(4,5)6/h13H,7-9H2,1-6H3,(H,19,21)/t13-/m1/s1. The third-order valence-corrected chi connectivity index (χ3v) is 3.68. The highest BCUT2D eigenvalue weighted by molar-refractivity contribution is 5.68. The first-order chi connectivity index (χ1) is 10.2. The van der Waals surface area contributed by atoms with E-state index in [1.807, 2.05) is 41.5 Å². The van der Waals surface area contributed by atoms with Crippen LogP contribution < -0.4 is 10.2 Å². The van der Waals surface area contributed by atoms with Crippen molar-refractivity contribution in [2.75, 3.05) is 18.0 Å². The molecule has 22 heavy (non-hydrogen) atoms. The number of nitrogens with zero attached hydrogens (tertiary/aromatic N) is 3. The maximum Gasteiger partial charge on any atom is 0.407 e. The number of hydrogen-bond donors (Lipinski definition) is 1. The highest BCUT2D eigenvalue weighted by atomic mass is 16.6. The molecule has 1 atom stereocenters. The van der Waals surface area contributed by atoms with Gasteiger partial charge < -0.3 is 15.0 Å². The first kappa shape index (κ1) is 16.5. The minimum Gasteiger partial charge on any atom is -0.444 e. The van der Waals surface area contributed by atoms with Crippen LogP contribution in [0, 0.1) is 20.8 Å². The number of hydrogen-bond acceptors (Lipinski definition) is 5. The number of rotatable bonds is 2. The van der Waals surface area contributed by atoms with Crippen LogP contribution in [0.3, 0.4) is 0 Å². The Hall–Kier alpha value is -1.85. The molecule has 1 aliphatic heterocycles. The van der Waals surface area contributed by atoms with Gasteiger partial charge in [0.25, 0.3) is 0 Å². The summed E-state index contributed by atoms with van der Waals surface area (Å²) in [5.74, 6) is 1.75. The zero-order valence-electron chi connectivity index (χ0n) is 14.4.